The van der Waals surface area contributed by atoms with E-state index in [1.165, 1.54) is 5.57 Å². The topological polar surface area (TPSA) is 101 Å². The van der Waals surface area contributed by atoms with Crippen LogP contribution >= 0.6 is 0 Å². The lowest BCUT2D eigenvalue weighted by molar-refractivity contribution is -0.273. The first-order valence-electron chi connectivity index (χ1n) is 10.2. The van der Waals surface area contributed by atoms with Gasteiger partial charge in [-0.25, -0.2) is 0 Å². The van der Waals surface area contributed by atoms with Gasteiger partial charge in [-0.05, 0) is 69.1 Å². The van der Waals surface area contributed by atoms with Crippen molar-refractivity contribution in [2.45, 2.75) is 95.2 Å². The summed E-state index contributed by atoms with van der Waals surface area (Å²) in [6.45, 7) is 5.54. The molecule has 3 saturated carbocycles. The van der Waals surface area contributed by atoms with Gasteiger partial charge < -0.3 is 25.5 Å². The van der Waals surface area contributed by atoms with E-state index in [4.69, 9.17) is 0 Å². The van der Waals surface area contributed by atoms with E-state index in [1.807, 2.05) is 0 Å². The highest BCUT2D eigenvalue weighted by atomic mass is 16.4. The highest BCUT2D eigenvalue weighted by Gasteiger charge is 2.75. The SMILES string of the molecule is C[C@@H](O)[C@@]1(O)CC[C@]2(O)[C@@H]3CC=C4C[C@@H](O)CC[C@]4(C)[C@H]3C[C@@H](O)[C@@]21C. The summed E-state index contributed by atoms with van der Waals surface area (Å²) >= 11 is 0. The molecule has 148 valence electrons. The van der Waals surface area contributed by atoms with Gasteiger partial charge in [0.1, 0.15) is 5.60 Å². The molecule has 0 aromatic rings. The van der Waals surface area contributed by atoms with Gasteiger partial charge in [0.25, 0.3) is 0 Å². The second-order valence-corrected chi connectivity index (χ2v) is 9.97. The molecule has 4 rings (SSSR count). The monoisotopic (exact) mass is 366 g/mol. The Hall–Kier alpha value is -0.460. The number of aliphatic hydroxyl groups is 5. The van der Waals surface area contributed by atoms with Crippen LogP contribution in [0.25, 0.3) is 0 Å². The summed E-state index contributed by atoms with van der Waals surface area (Å²) in [5.41, 5.74) is -2.69. The van der Waals surface area contributed by atoms with Crippen LogP contribution in [0.2, 0.25) is 0 Å². The molecule has 0 saturated heterocycles. The molecule has 9 atom stereocenters. The standard InChI is InChI=1S/C21H34O5/c1-12(22)20(25)8-9-21(26)15-5-4-13-10-14(23)6-7-18(13,2)16(15)11-17(24)19(20,21)3/h4,12,14-17,22-26H,5-11H2,1-3H3/t12-,14+,15-,16+,17-,18+,19-,20+,21+/m1/s1. The first kappa shape index (κ1) is 18.9. The summed E-state index contributed by atoms with van der Waals surface area (Å²) in [5.74, 6) is 0.0760. The zero-order chi connectivity index (χ0) is 19.1. The minimum Gasteiger partial charge on any atom is -0.393 e. The molecule has 0 aliphatic heterocycles. The predicted molar refractivity (Wildman–Crippen MR) is 97.2 cm³/mol. The Morgan fingerprint density at radius 3 is 2.42 bits per heavy atom. The van der Waals surface area contributed by atoms with Crippen molar-refractivity contribution < 1.29 is 25.5 Å². The Morgan fingerprint density at radius 1 is 1.08 bits per heavy atom. The molecule has 26 heavy (non-hydrogen) atoms. The van der Waals surface area contributed by atoms with Gasteiger partial charge in [0.2, 0.25) is 0 Å². The van der Waals surface area contributed by atoms with E-state index in [1.54, 1.807) is 13.8 Å². The van der Waals surface area contributed by atoms with Crippen molar-refractivity contribution in [1.82, 2.24) is 0 Å². The van der Waals surface area contributed by atoms with Gasteiger partial charge >= 0.3 is 0 Å². The number of hydrogen-bond acceptors (Lipinski definition) is 5. The summed E-state index contributed by atoms with van der Waals surface area (Å²) in [5, 5.41) is 54.7. The van der Waals surface area contributed by atoms with Crippen LogP contribution in [0.4, 0.5) is 0 Å². The lowest BCUT2D eigenvalue weighted by Gasteiger charge is -2.64. The fourth-order valence-electron chi connectivity index (χ4n) is 7.33. The van der Waals surface area contributed by atoms with Gasteiger partial charge in [-0.1, -0.05) is 25.5 Å². The van der Waals surface area contributed by atoms with Crippen LogP contribution in [0.15, 0.2) is 11.6 Å². The summed E-state index contributed by atoms with van der Waals surface area (Å²) in [6.07, 6.45) is 4.22. The fourth-order valence-corrected chi connectivity index (χ4v) is 7.33. The molecule has 0 radical (unpaired) electrons. The summed E-state index contributed by atoms with van der Waals surface area (Å²) < 4.78 is 0. The van der Waals surface area contributed by atoms with E-state index in [9.17, 15) is 25.5 Å². The van der Waals surface area contributed by atoms with E-state index in [0.29, 0.717) is 32.1 Å². The normalized spacial score (nSPS) is 57.6. The smallest absolute Gasteiger partial charge is 0.101 e. The largest absolute Gasteiger partial charge is 0.393 e. The van der Waals surface area contributed by atoms with Crippen LogP contribution in [-0.4, -0.2) is 55.0 Å². The Bertz CT molecular complexity index is 632. The summed E-state index contributed by atoms with van der Waals surface area (Å²) in [4.78, 5) is 0. The molecule has 0 aromatic heterocycles. The average Bonchev–Trinajstić information content (AvgIpc) is 2.80. The van der Waals surface area contributed by atoms with Crippen molar-refractivity contribution in [2.24, 2.45) is 22.7 Å². The van der Waals surface area contributed by atoms with E-state index in [2.05, 4.69) is 13.0 Å². The number of rotatable bonds is 1. The fraction of sp³-hybridized carbons (Fsp3) is 0.905. The van der Waals surface area contributed by atoms with Gasteiger partial charge in [0, 0.05) is 0 Å². The van der Waals surface area contributed by atoms with Crippen molar-refractivity contribution in [2.75, 3.05) is 0 Å². The third kappa shape index (κ3) is 1.99. The second-order valence-electron chi connectivity index (χ2n) is 9.97. The predicted octanol–water partition coefficient (Wildman–Crippen LogP) is 1.51. The Morgan fingerprint density at radius 2 is 1.77 bits per heavy atom. The maximum Gasteiger partial charge on any atom is 0.101 e. The number of hydrogen-bond donors (Lipinski definition) is 5. The molecule has 3 fully saturated rings. The summed E-state index contributed by atoms with van der Waals surface area (Å²) in [7, 11) is 0. The van der Waals surface area contributed by atoms with Gasteiger partial charge in [-0.15, -0.1) is 0 Å². The third-order valence-corrected chi connectivity index (χ3v) is 9.24. The number of fused-ring (bicyclic) bond motifs is 5. The summed E-state index contributed by atoms with van der Waals surface area (Å²) in [6, 6.07) is 0. The number of allylic oxidation sites excluding steroid dienone is 1. The van der Waals surface area contributed by atoms with Crippen LogP contribution in [0.5, 0.6) is 0 Å². The molecule has 0 heterocycles. The Kier molecular flexibility index (Phi) is 4.02. The molecular weight excluding hydrogens is 332 g/mol. The molecule has 0 bridgehead atoms. The van der Waals surface area contributed by atoms with Gasteiger partial charge in [-0.2, -0.15) is 0 Å². The quantitative estimate of drug-likeness (QED) is 0.453. The van der Waals surface area contributed by atoms with Gasteiger partial charge in [0.15, 0.2) is 0 Å². The molecule has 5 nitrogen and oxygen atoms in total. The van der Waals surface area contributed by atoms with Crippen LogP contribution in [0.1, 0.15) is 65.7 Å². The zero-order valence-electron chi connectivity index (χ0n) is 16.1. The molecule has 0 unspecified atom stereocenters. The van der Waals surface area contributed by atoms with E-state index < -0.39 is 28.8 Å². The van der Waals surface area contributed by atoms with Crippen LogP contribution in [0, 0.1) is 22.7 Å². The molecular formula is C21H34O5. The highest BCUT2D eigenvalue weighted by Crippen LogP contribution is 2.69. The maximum absolute atomic E-state index is 11.9. The lowest BCUT2D eigenvalue weighted by atomic mass is 9.44. The average molecular weight is 366 g/mol. The van der Waals surface area contributed by atoms with Crippen LogP contribution < -0.4 is 0 Å². The molecule has 4 aliphatic rings. The van der Waals surface area contributed by atoms with Crippen molar-refractivity contribution in [3.05, 3.63) is 11.6 Å². The van der Waals surface area contributed by atoms with Crippen molar-refractivity contribution in [3.63, 3.8) is 0 Å². The second kappa shape index (κ2) is 5.54. The van der Waals surface area contributed by atoms with Crippen LogP contribution in [-0.2, 0) is 0 Å². The van der Waals surface area contributed by atoms with Crippen molar-refractivity contribution >= 4 is 0 Å². The lowest BCUT2D eigenvalue weighted by Crippen LogP contribution is -2.71. The molecule has 5 N–H and O–H groups in total. The van der Waals surface area contributed by atoms with Gasteiger partial charge in [-0.3, -0.25) is 0 Å². The first-order valence-corrected chi connectivity index (χ1v) is 10.2. The van der Waals surface area contributed by atoms with E-state index >= 15 is 0 Å². The van der Waals surface area contributed by atoms with E-state index in [-0.39, 0.29) is 23.4 Å². The van der Waals surface area contributed by atoms with Crippen LogP contribution in [0.3, 0.4) is 0 Å². The molecule has 0 aromatic carbocycles. The maximum atomic E-state index is 11.9. The minimum absolute atomic E-state index is 0.0485. The Balaban J connectivity index is 1.79. The third-order valence-electron chi connectivity index (χ3n) is 9.24. The van der Waals surface area contributed by atoms with Crippen molar-refractivity contribution in [1.29, 1.82) is 0 Å². The van der Waals surface area contributed by atoms with Gasteiger partial charge in [0.05, 0.1) is 29.3 Å². The molecule has 0 spiro atoms. The first-order chi connectivity index (χ1) is 12.0. The van der Waals surface area contributed by atoms with Crippen molar-refractivity contribution in [3.8, 4) is 0 Å². The minimum atomic E-state index is -1.49. The highest BCUT2D eigenvalue weighted by molar-refractivity contribution is 5.31. The zero-order valence-corrected chi connectivity index (χ0v) is 16.1. The molecule has 4 aliphatic carbocycles. The number of aliphatic hydroxyl groups excluding tert-OH is 3. The van der Waals surface area contributed by atoms with E-state index in [0.717, 1.165) is 12.8 Å². The molecule has 0 amide bonds. The Labute approximate surface area is 155 Å². The molecule has 5 heteroatoms.